The molecule has 0 spiro atoms. The summed E-state index contributed by atoms with van der Waals surface area (Å²) in [6, 6.07) is 6.73. The molecular formula is C24H30FN5O5S. The first kappa shape index (κ1) is 26.1. The molecule has 0 radical (unpaired) electrons. The fourth-order valence-corrected chi connectivity index (χ4v) is 5.46. The lowest BCUT2D eigenvalue weighted by Crippen LogP contribution is -2.46. The van der Waals surface area contributed by atoms with E-state index >= 15 is 0 Å². The zero-order valence-electron chi connectivity index (χ0n) is 19.7. The molecule has 2 aromatic rings. The summed E-state index contributed by atoms with van der Waals surface area (Å²) in [5.74, 6) is -1.14. The highest BCUT2D eigenvalue weighted by atomic mass is 32.2. The molecule has 10 nitrogen and oxygen atoms in total. The van der Waals surface area contributed by atoms with E-state index in [1.165, 1.54) is 42.6 Å². The van der Waals surface area contributed by atoms with Gasteiger partial charge in [0.05, 0.1) is 18.5 Å². The van der Waals surface area contributed by atoms with E-state index in [-0.39, 0.29) is 22.5 Å². The molecule has 12 heteroatoms. The number of ether oxygens (including phenoxy) is 1. The molecule has 0 saturated carbocycles. The summed E-state index contributed by atoms with van der Waals surface area (Å²) in [7, 11) is -3.82. The first-order chi connectivity index (χ1) is 17.3. The number of piperidine rings is 1. The number of rotatable bonds is 9. The monoisotopic (exact) mass is 519 g/mol. The maximum Gasteiger partial charge on any atom is 0.258 e. The van der Waals surface area contributed by atoms with Gasteiger partial charge in [0.1, 0.15) is 11.9 Å². The Hall–Kier alpha value is -2.93. The van der Waals surface area contributed by atoms with Crippen molar-refractivity contribution in [3.63, 3.8) is 0 Å². The Labute approximate surface area is 209 Å². The van der Waals surface area contributed by atoms with Crippen LogP contribution in [0.3, 0.4) is 0 Å². The zero-order valence-corrected chi connectivity index (χ0v) is 20.5. The van der Waals surface area contributed by atoms with Gasteiger partial charge >= 0.3 is 0 Å². The third kappa shape index (κ3) is 7.06. The Balaban J connectivity index is 1.43. The molecule has 4 rings (SSSR count). The highest BCUT2D eigenvalue weighted by Crippen LogP contribution is 2.20. The van der Waals surface area contributed by atoms with Gasteiger partial charge in [-0.15, -0.1) is 0 Å². The lowest BCUT2D eigenvalue weighted by atomic mass is 9.90. The molecule has 3 heterocycles. The number of sulfonamides is 1. The average Bonchev–Trinajstić information content (AvgIpc) is 3.37. The predicted molar refractivity (Wildman–Crippen MR) is 130 cm³/mol. The van der Waals surface area contributed by atoms with Crippen LogP contribution in [0.5, 0.6) is 0 Å². The number of hydrogen-bond donors (Lipinski definition) is 4. The van der Waals surface area contributed by atoms with E-state index in [1.54, 1.807) is 0 Å². The number of halogens is 1. The maximum atomic E-state index is 13.2. The topological polar surface area (TPSA) is 139 Å². The van der Waals surface area contributed by atoms with Crippen LogP contribution in [-0.4, -0.2) is 63.6 Å². The summed E-state index contributed by atoms with van der Waals surface area (Å²) in [6.07, 6.45) is 4.05. The molecule has 36 heavy (non-hydrogen) atoms. The third-order valence-corrected chi connectivity index (χ3v) is 7.72. The van der Waals surface area contributed by atoms with Gasteiger partial charge in [-0.3, -0.25) is 9.59 Å². The van der Waals surface area contributed by atoms with Crippen LogP contribution in [0, 0.1) is 11.7 Å². The normalized spacial score (nSPS) is 19.5. The number of aromatic nitrogens is 1. The SMILES string of the molecule is O=C(N[C@@H](CC1CCNCC1)C(=O)Nc1ccc(S(=O)(=O)N[C@@H]2CCOC2)nc1)c1ccc(F)cc1. The van der Waals surface area contributed by atoms with Crippen molar-refractivity contribution in [3.8, 4) is 0 Å². The summed E-state index contributed by atoms with van der Waals surface area (Å²) >= 11 is 0. The van der Waals surface area contributed by atoms with Gasteiger partial charge in [-0.25, -0.2) is 22.5 Å². The van der Waals surface area contributed by atoms with Crippen LogP contribution in [0.2, 0.25) is 0 Å². The highest BCUT2D eigenvalue weighted by molar-refractivity contribution is 7.89. The summed E-state index contributed by atoms with van der Waals surface area (Å²) in [4.78, 5) is 29.9. The average molecular weight is 520 g/mol. The minimum absolute atomic E-state index is 0.164. The molecular weight excluding hydrogens is 489 g/mol. The number of carbonyl (C=O) groups excluding carboxylic acids is 2. The molecule has 2 aliphatic heterocycles. The van der Waals surface area contributed by atoms with Crippen molar-refractivity contribution < 1.29 is 27.1 Å². The second kappa shape index (κ2) is 11.9. The number of nitrogens with zero attached hydrogens (tertiary/aromatic N) is 1. The van der Waals surface area contributed by atoms with Crippen molar-refractivity contribution in [1.82, 2.24) is 20.3 Å². The van der Waals surface area contributed by atoms with Gasteiger partial charge in [0.2, 0.25) is 5.91 Å². The first-order valence-electron chi connectivity index (χ1n) is 11.9. The molecule has 2 aliphatic rings. The fourth-order valence-electron chi connectivity index (χ4n) is 4.27. The molecule has 4 N–H and O–H groups in total. The number of hydrogen-bond acceptors (Lipinski definition) is 7. The molecule has 194 valence electrons. The molecule has 0 unspecified atom stereocenters. The van der Waals surface area contributed by atoms with Crippen LogP contribution in [0.25, 0.3) is 0 Å². The Morgan fingerprint density at radius 2 is 1.86 bits per heavy atom. The Bertz CT molecular complexity index is 1150. The van der Waals surface area contributed by atoms with Gasteiger partial charge < -0.3 is 20.7 Å². The van der Waals surface area contributed by atoms with Crippen molar-refractivity contribution >= 4 is 27.5 Å². The number of carbonyl (C=O) groups is 2. The molecule has 2 saturated heterocycles. The first-order valence-corrected chi connectivity index (χ1v) is 13.4. The lowest BCUT2D eigenvalue weighted by molar-refractivity contribution is -0.118. The van der Waals surface area contributed by atoms with Crippen LogP contribution in [0.4, 0.5) is 10.1 Å². The Morgan fingerprint density at radius 3 is 2.50 bits per heavy atom. The highest BCUT2D eigenvalue weighted by Gasteiger charge is 2.27. The fraction of sp³-hybridized carbons (Fsp3) is 0.458. The van der Waals surface area contributed by atoms with Gasteiger partial charge in [0.15, 0.2) is 5.03 Å². The maximum absolute atomic E-state index is 13.2. The molecule has 2 atom stereocenters. The number of amides is 2. The minimum Gasteiger partial charge on any atom is -0.380 e. The van der Waals surface area contributed by atoms with Gasteiger partial charge in [-0.05, 0) is 81.1 Å². The summed E-state index contributed by atoms with van der Waals surface area (Å²) in [5.41, 5.74) is 0.547. The third-order valence-electron chi connectivity index (χ3n) is 6.29. The predicted octanol–water partition coefficient (Wildman–Crippen LogP) is 1.41. The Morgan fingerprint density at radius 1 is 1.11 bits per heavy atom. The molecule has 2 fully saturated rings. The zero-order chi connectivity index (χ0) is 25.5. The second-order valence-electron chi connectivity index (χ2n) is 9.02. The van der Waals surface area contributed by atoms with Crippen LogP contribution in [0.15, 0.2) is 47.6 Å². The van der Waals surface area contributed by atoms with Gasteiger partial charge in [0, 0.05) is 18.2 Å². The van der Waals surface area contributed by atoms with Crippen molar-refractivity contribution in [3.05, 3.63) is 54.0 Å². The van der Waals surface area contributed by atoms with Crippen LogP contribution in [0.1, 0.15) is 36.0 Å². The van der Waals surface area contributed by atoms with Crippen molar-refractivity contribution in [2.45, 2.75) is 42.8 Å². The van der Waals surface area contributed by atoms with E-state index in [9.17, 15) is 22.4 Å². The van der Waals surface area contributed by atoms with E-state index in [2.05, 4.69) is 25.7 Å². The Kier molecular flexibility index (Phi) is 8.62. The standard InChI is InChI=1S/C24H30FN5O5S/c25-18-3-1-17(2-4-18)23(31)29-21(13-16-7-10-26-11-8-16)24(32)28-19-5-6-22(27-14-19)36(33,34)30-20-9-12-35-15-20/h1-6,14,16,20-21,26,30H,7-13,15H2,(H,28,32)(H,29,31)/t20-,21+/m1/s1. The van der Waals surface area contributed by atoms with Crippen LogP contribution < -0.4 is 20.7 Å². The van der Waals surface area contributed by atoms with Gasteiger partial charge in [-0.1, -0.05) is 0 Å². The number of benzene rings is 1. The molecule has 1 aromatic carbocycles. The lowest BCUT2D eigenvalue weighted by Gasteiger charge is -2.27. The van der Waals surface area contributed by atoms with Crippen LogP contribution in [-0.2, 0) is 19.6 Å². The minimum atomic E-state index is -3.82. The molecule has 0 bridgehead atoms. The molecule has 1 aromatic heterocycles. The van der Waals surface area contributed by atoms with Crippen molar-refractivity contribution in [2.24, 2.45) is 5.92 Å². The second-order valence-corrected chi connectivity index (χ2v) is 10.7. The van der Waals surface area contributed by atoms with E-state index in [0.717, 1.165) is 25.9 Å². The summed E-state index contributed by atoms with van der Waals surface area (Å²) in [5, 5.41) is 8.60. The quantitative estimate of drug-likeness (QED) is 0.393. The van der Waals surface area contributed by atoms with Crippen molar-refractivity contribution in [2.75, 3.05) is 31.6 Å². The summed E-state index contributed by atoms with van der Waals surface area (Å²) in [6.45, 7) is 2.49. The van der Waals surface area contributed by atoms with E-state index in [4.69, 9.17) is 4.74 Å². The van der Waals surface area contributed by atoms with Gasteiger partial charge in [0.25, 0.3) is 15.9 Å². The summed E-state index contributed by atoms with van der Waals surface area (Å²) < 4.78 is 46.1. The van der Waals surface area contributed by atoms with Crippen molar-refractivity contribution in [1.29, 1.82) is 0 Å². The number of anilines is 1. The largest absolute Gasteiger partial charge is 0.380 e. The smallest absolute Gasteiger partial charge is 0.258 e. The van der Waals surface area contributed by atoms with E-state index in [1.807, 2.05) is 0 Å². The number of nitrogens with one attached hydrogen (secondary N) is 4. The van der Waals surface area contributed by atoms with E-state index in [0.29, 0.717) is 31.7 Å². The van der Waals surface area contributed by atoms with E-state index < -0.39 is 33.7 Å². The molecule has 0 aliphatic carbocycles. The van der Waals surface area contributed by atoms with Gasteiger partial charge in [-0.2, -0.15) is 0 Å². The molecule has 2 amide bonds. The number of pyridine rings is 1. The van der Waals surface area contributed by atoms with Crippen LogP contribution >= 0.6 is 0 Å².